The molecule has 0 aliphatic heterocycles. The number of esters is 1. The number of hydrogen-bond donors (Lipinski definition) is 1. The first-order chi connectivity index (χ1) is 9.24. The quantitative estimate of drug-likeness (QED) is 0.465. The zero-order valence-electron chi connectivity index (χ0n) is 11.4. The topological polar surface area (TPSA) is 55.4 Å². The summed E-state index contributed by atoms with van der Waals surface area (Å²) in [6.45, 7) is 2.82. The van der Waals surface area contributed by atoms with Crippen LogP contribution in [0.25, 0.3) is 0 Å². The molecule has 1 rings (SSSR count). The van der Waals surface area contributed by atoms with E-state index in [1.54, 1.807) is 0 Å². The van der Waals surface area contributed by atoms with E-state index in [1.807, 2.05) is 30.3 Å². The molecular formula is C15H21NO3. The molecule has 0 spiro atoms. The number of amides is 1. The Bertz CT molecular complexity index is 390. The monoisotopic (exact) mass is 263 g/mol. The highest BCUT2D eigenvalue weighted by molar-refractivity contribution is 6.32. The summed E-state index contributed by atoms with van der Waals surface area (Å²) in [4.78, 5) is 22.7. The van der Waals surface area contributed by atoms with E-state index >= 15 is 0 Å². The minimum atomic E-state index is -0.788. The molecule has 0 saturated carbocycles. The average Bonchev–Trinajstić information content (AvgIpc) is 2.44. The van der Waals surface area contributed by atoms with Crippen LogP contribution in [0.5, 0.6) is 0 Å². The van der Waals surface area contributed by atoms with E-state index in [0.29, 0.717) is 19.6 Å². The van der Waals surface area contributed by atoms with Crippen molar-refractivity contribution in [1.82, 2.24) is 5.32 Å². The molecule has 0 heterocycles. The molecule has 104 valence electrons. The van der Waals surface area contributed by atoms with E-state index in [0.717, 1.165) is 24.8 Å². The third-order valence-corrected chi connectivity index (χ3v) is 2.71. The highest BCUT2D eigenvalue weighted by atomic mass is 16.5. The van der Waals surface area contributed by atoms with Crippen molar-refractivity contribution in [3.63, 3.8) is 0 Å². The molecule has 0 aromatic heterocycles. The fourth-order valence-corrected chi connectivity index (χ4v) is 1.62. The van der Waals surface area contributed by atoms with Gasteiger partial charge in [0.15, 0.2) is 0 Å². The van der Waals surface area contributed by atoms with Gasteiger partial charge in [-0.3, -0.25) is 4.79 Å². The number of rotatable bonds is 7. The molecule has 19 heavy (non-hydrogen) atoms. The summed E-state index contributed by atoms with van der Waals surface area (Å²) in [6, 6.07) is 9.79. The predicted octanol–water partition coefficient (Wildman–Crippen LogP) is 2.08. The Balaban J connectivity index is 2.14. The van der Waals surface area contributed by atoms with Crippen LogP contribution in [-0.2, 0) is 20.7 Å². The summed E-state index contributed by atoms with van der Waals surface area (Å²) in [5, 5.41) is 2.56. The molecule has 1 aromatic carbocycles. The fraction of sp³-hybridized carbons (Fsp3) is 0.467. The normalized spacial score (nSPS) is 9.95. The van der Waals surface area contributed by atoms with Crippen molar-refractivity contribution in [2.75, 3.05) is 13.2 Å². The first-order valence-corrected chi connectivity index (χ1v) is 6.73. The van der Waals surface area contributed by atoms with Gasteiger partial charge in [-0.2, -0.15) is 0 Å². The molecule has 0 unspecified atom stereocenters. The summed E-state index contributed by atoms with van der Waals surface area (Å²) in [6.07, 6.45) is 3.57. The van der Waals surface area contributed by atoms with Gasteiger partial charge >= 0.3 is 11.9 Å². The summed E-state index contributed by atoms with van der Waals surface area (Å²) >= 11 is 0. The molecule has 4 nitrogen and oxygen atoms in total. The number of benzene rings is 1. The Labute approximate surface area is 114 Å². The van der Waals surface area contributed by atoms with Gasteiger partial charge in [0.2, 0.25) is 0 Å². The SMILES string of the molecule is CCCCCOC(=O)C(=O)NCCc1ccccc1. The Kier molecular flexibility index (Phi) is 7.32. The summed E-state index contributed by atoms with van der Waals surface area (Å²) in [5.41, 5.74) is 1.12. The number of carbonyl (C=O) groups excluding carboxylic acids is 2. The molecule has 0 radical (unpaired) electrons. The molecule has 0 bridgehead atoms. The number of carbonyl (C=O) groups is 2. The minimum absolute atomic E-state index is 0.318. The summed E-state index contributed by atoms with van der Waals surface area (Å²) < 4.78 is 4.86. The lowest BCUT2D eigenvalue weighted by Gasteiger charge is -2.05. The first-order valence-electron chi connectivity index (χ1n) is 6.73. The standard InChI is InChI=1S/C15H21NO3/c1-2-3-7-12-19-15(18)14(17)16-11-10-13-8-5-4-6-9-13/h4-6,8-9H,2-3,7,10-12H2,1H3,(H,16,17). The maximum atomic E-state index is 11.4. The Morgan fingerprint density at radius 1 is 1.16 bits per heavy atom. The van der Waals surface area contributed by atoms with Gasteiger partial charge in [-0.15, -0.1) is 0 Å². The number of nitrogens with one attached hydrogen (secondary N) is 1. The zero-order valence-corrected chi connectivity index (χ0v) is 11.4. The second-order valence-corrected chi connectivity index (χ2v) is 4.33. The van der Waals surface area contributed by atoms with Crippen molar-refractivity contribution < 1.29 is 14.3 Å². The molecule has 0 atom stereocenters. The molecule has 0 aliphatic carbocycles. The van der Waals surface area contributed by atoms with Gasteiger partial charge < -0.3 is 10.1 Å². The lowest BCUT2D eigenvalue weighted by atomic mass is 10.1. The van der Waals surface area contributed by atoms with Gasteiger partial charge in [-0.05, 0) is 18.4 Å². The van der Waals surface area contributed by atoms with Gasteiger partial charge in [0.1, 0.15) is 0 Å². The van der Waals surface area contributed by atoms with Crippen LogP contribution in [0.3, 0.4) is 0 Å². The molecule has 0 saturated heterocycles. The van der Waals surface area contributed by atoms with E-state index in [-0.39, 0.29) is 0 Å². The Morgan fingerprint density at radius 2 is 1.89 bits per heavy atom. The van der Waals surface area contributed by atoms with E-state index in [2.05, 4.69) is 12.2 Å². The molecule has 0 fully saturated rings. The maximum absolute atomic E-state index is 11.4. The fourth-order valence-electron chi connectivity index (χ4n) is 1.62. The summed E-state index contributed by atoms with van der Waals surface area (Å²) in [7, 11) is 0. The number of ether oxygens (including phenoxy) is 1. The molecule has 1 N–H and O–H groups in total. The van der Waals surface area contributed by atoms with E-state index < -0.39 is 11.9 Å². The molecule has 1 aromatic rings. The van der Waals surface area contributed by atoms with Gasteiger partial charge in [0.05, 0.1) is 6.61 Å². The largest absolute Gasteiger partial charge is 0.459 e. The van der Waals surface area contributed by atoms with E-state index in [4.69, 9.17) is 4.74 Å². The maximum Gasteiger partial charge on any atom is 0.396 e. The van der Waals surface area contributed by atoms with E-state index in [1.165, 1.54) is 0 Å². The van der Waals surface area contributed by atoms with Gasteiger partial charge in [-0.25, -0.2) is 4.79 Å². The van der Waals surface area contributed by atoms with Crippen LogP contribution in [0.1, 0.15) is 31.7 Å². The van der Waals surface area contributed by atoms with Crippen molar-refractivity contribution in [2.45, 2.75) is 32.6 Å². The molecule has 1 amide bonds. The third kappa shape index (κ3) is 6.60. The van der Waals surface area contributed by atoms with Crippen LogP contribution in [0.2, 0.25) is 0 Å². The molecule has 4 heteroatoms. The van der Waals surface area contributed by atoms with Crippen LogP contribution in [0, 0.1) is 0 Å². The van der Waals surface area contributed by atoms with E-state index in [9.17, 15) is 9.59 Å². The zero-order chi connectivity index (χ0) is 13.9. The van der Waals surface area contributed by atoms with Gasteiger partial charge in [0, 0.05) is 6.54 Å². The smallest absolute Gasteiger partial charge is 0.396 e. The second kappa shape index (κ2) is 9.14. The second-order valence-electron chi connectivity index (χ2n) is 4.33. The molecular weight excluding hydrogens is 242 g/mol. The minimum Gasteiger partial charge on any atom is -0.459 e. The lowest BCUT2D eigenvalue weighted by molar-refractivity contribution is -0.155. The van der Waals surface area contributed by atoms with Crippen molar-refractivity contribution in [3.05, 3.63) is 35.9 Å². The highest BCUT2D eigenvalue weighted by Gasteiger charge is 2.13. The average molecular weight is 263 g/mol. The molecule has 0 aliphatic rings. The van der Waals surface area contributed by atoms with Crippen LogP contribution in [0.15, 0.2) is 30.3 Å². The van der Waals surface area contributed by atoms with Crippen LogP contribution in [0.4, 0.5) is 0 Å². The summed E-state index contributed by atoms with van der Waals surface area (Å²) in [5.74, 6) is -1.45. The van der Waals surface area contributed by atoms with Gasteiger partial charge in [-0.1, -0.05) is 50.1 Å². The Hall–Kier alpha value is -1.84. The first kappa shape index (κ1) is 15.2. The van der Waals surface area contributed by atoms with Gasteiger partial charge in [0.25, 0.3) is 0 Å². The predicted molar refractivity (Wildman–Crippen MR) is 73.6 cm³/mol. The number of hydrogen-bond acceptors (Lipinski definition) is 3. The Morgan fingerprint density at radius 3 is 2.58 bits per heavy atom. The van der Waals surface area contributed by atoms with Crippen molar-refractivity contribution in [3.8, 4) is 0 Å². The lowest BCUT2D eigenvalue weighted by Crippen LogP contribution is -2.34. The van der Waals surface area contributed by atoms with Crippen molar-refractivity contribution >= 4 is 11.9 Å². The van der Waals surface area contributed by atoms with Crippen molar-refractivity contribution in [1.29, 1.82) is 0 Å². The van der Waals surface area contributed by atoms with Crippen LogP contribution >= 0.6 is 0 Å². The van der Waals surface area contributed by atoms with Crippen LogP contribution in [-0.4, -0.2) is 25.0 Å². The number of unbranched alkanes of at least 4 members (excludes halogenated alkanes) is 2. The van der Waals surface area contributed by atoms with Crippen molar-refractivity contribution in [2.24, 2.45) is 0 Å². The van der Waals surface area contributed by atoms with Crippen LogP contribution < -0.4 is 5.32 Å². The third-order valence-electron chi connectivity index (χ3n) is 2.71. The highest BCUT2D eigenvalue weighted by Crippen LogP contribution is 1.98.